The van der Waals surface area contributed by atoms with Crippen molar-refractivity contribution < 1.29 is 0 Å². The van der Waals surface area contributed by atoms with Crippen molar-refractivity contribution in [1.29, 1.82) is 0 Å². The minimum Gasteiger partial charge on any atom is -0.300 e. The Bertz CT molecular complexity index is 651. The summed E-state index contributed by atoms with van der Waals surface area (Å²) in [5.41, 5.74) is 4.79. The summed E-state index contributed by atoms with van der Waals surface area (Å²) in [6, 6.07) is 16.9. The van der Waals surface area contributed by atoms with E-state index in [9.17, 15) is 0 Å². The zero-order valence-corrected chi connectivity index (χ0v) is 11.2. The highest BCUT2D eigenvalue weighted by Gasteiger charge is 2.07. The van der Waals surface area contributed by atoms with Crippen LogP contribution < -0.4 is 0 Å². The highest BCUT2D eigenvalue weighted by Crippen LogP contribution is 2.22. The number of benzene rings is 2. The first-order valence-corrected chi connectivity index (χ1v) is 6.41. The second-order valence-electron chi connectivity index (χ2n) is 4.83. The van der Waals surface area contributed by atoms with Crippen LogP contribution in [0.2, 0.25) is 0 Å². The molecule has 0 aliphatic rings. The van der Waals surface area contributed by atoms with Crippen LogP contribution in [0.4, 0.5) is 0 Å². The molecule has 0 bridgehead atoms. The molecule has 0 aliphatic heterocycles. The van der Waals surface area contributed by atoms with Gasteiger partial charge in [0.15, 0.2) is 0 Å². The van der Waals surface area contributed by atoms with Crippen LogP contribution in [0.25, 0.3) is 17.1 Å². The molecule has 3 aromatic rings. The summed E-state index contributed by atoms with van der Waals surface area (Å²) in [5.74, 6) is 0.981. The van der Waals surface area contributed by atoms with Gasteiger partial charge in [0.1, 0.15) is 5.82 Å². The smallest absolute Gasteiger partial charge is 0.144 e. The van der Waals surface area contributed by atoms with Crippen LogP contribution in [0.1, 0.15) is 11.1 Å². The molecule has 0 amide bonds. The van der Waals surface area contributed by atoms with Gasteiger partial charge in [-0.05, 0) is 37.6 Å². The standard InChI is InChI=1S/C17H16N2/c1-13-5-3-7-15(11-13)17-18-9-10-19(17)16-8-4-6-14(2)12-16/h3-12H,1-2H3. The third kappa shape index (κ3) is 2.29. The van der Waals surface area contributed by atoms with Crippen LogP contribution in [0.15, 0.2) is 60.9 Å². The number of rotatable bonds is 2. The maximum Gasteiger partial charge on any atom is 0.144 e. The number of hydrogen-bond donors (Lipinski definition) is 0. The lowest BCUT2D eigenvalue weighted by Gasteiger charge is -2.09. The monoisotopic (exact) mass is 248 g/mol. The van der Waals surface area contributed by atoms with Gasteiger partial charge in [0.2, 0.25) is 0 Å². The lowest BCUT2D eigenvalue weighted by atomic mass is 10.1. The van der Waals surface area contributed by atoms with E-state index in [2.05, 4.69) is 71.9 Å². The van der Waals surface area contributed by atoms with E-state index in [0.29, 0.717) is 0 Å². The fourth-order valence-corrected chi connectivity index (χ4v) is 2.29. The Morgan fingerprint density at radius 3 is 2.37 bits per heavy atom. The fourth-order valence-electron chi connectivity index (χ4n) is 2.29. The molecule has 0 unspecified atom stereocenters. The summed E-state index contributed by atoms with van der Waals surface area (Å²) >= 11 is 0. The Morgan fingerprint density at radius 1 is 0.895 bits per heavy atom. The van der Waals surface area contributed by atoms with Crippen LogP contribution >= 0.6 is 0 Å². The van der Waals surface area contributed by atoms with E-state index in [1.807, 2.05) is 12.4 Å². The van der Waals surface area contributed by atoms with Gasteiger partial charge in [-0.25, -0.2) is 4.98 Å². The maximum absolute atomic E-state index is 4.50. The zero-order chi connectivity index (χ0) is 13.2. The molecule has 3 rings (SSSR count). The zero-order valence-electron chi connectivity index (χ0n) is 11.2. The van der Waals surface area contributed by atoms with E-state index >= 15 is 0 Å². The Kier molecular flexibility index (Phi) is 2.92. The third-order valence-corrected chi connectivity index (χ3v) is 3.20. The Morgan fingerprint density at radius 2 is 1.63 bits per heavy atom. The molecule has 2 nitrogen and oxygen atoms in total. The first-order valence-electron chi connectivity index (χ1n) is 6.41. The number of aryl methyl sites for hydroxylation is 2. The van der Waals surface area contributed by atoms with Crippen molar-refractivity contribution in [2.24, 2.45) is 0 Å². The lowest BCUT2D eigenvalue weighted by Crippen LogP contribution is -1.96. The van der Waals surface area contributed by atoms with Crippen LogP contribution in [0, 0.1) is 13.8 Å². The van der Waals surface area contributed by atoms with E-state index in [4.69, 9.17) is 0 Å². The fraction of sp³-hybridized carbons (Fsp3) is 0.118. The third-order valence-electron chi connectivity index (χ3n) is 3.20. The van der Waals surface area contributed by atoms with Gasteiger partial charge in [-0.3, -0.25) is 4.57 Å². The molecule has 0 saturated carbocycles. The normalized spacial score (nSPS) is 10.6. The van der Waals surface area contributed by atoms with E-state index < -0.39 is 0 Å². The topological polar surface area (TPSA) is 17.8 Å². The highest BCUT2D eigenvalue weighted by molar-refractivity contribution is 5.59. The molecule has 0 atom stereocenters. The summed E-state index contributed by atoms with van der Waals surface area (Å²) in [6.07, 6.45) is 3.85. The average Bonchev–Trinajstić information content (AvgIpc) is 2.88. The second kappa shape index (κ2) is 4.73. The molecular weight excluding hydrogens is 232 g/mol. The molecular formula is C17H16N2. The van der Waals surface area contributed by atoms with Gasteiger partial charge in [-0.1, -0.05) is 35.9 Å². The minimum absolute atomic E-state index is 0.981. The molecule has 2 aromatic carbocycles. The van der Waals surface area contributed by atoms with Crippen molar-refractivity contribution in [1.82, 2.24) is 9.55 Å². The van der Waals surface area contributed by atoms with Crippen molar-refractivity contribution in [3.05, 3.63) is 72.1 Å². The van der Waals surface area contributed by atoms with Gasteiger partial charge in [-0.15, -0.1) is 0 Å². The second-order valence-corrected chi connectivity index (χ2v) is 4.83. The molecule has 0 fully saturated rings. The minimum atomic E-state index is 0.981. The van der Waals surface area contributed by atoms with Crippen molar-refractivity contribution in [2.45, 2.75) is 13.8 Å². The van der Waals surface area contributed by atoms with Gasteiger partial charge < -0.3 is 0 Å². The summed E-state index contributed by atoms with van der Waals surface area (Å²) in [6.45, 7) is 4.20. The van der Waals surface area contributed by atoms with Crippen LogP contribution in [0.3, 0.4) is 0 Å². The molecule has 1 heterocycles. The summed E-state index contributed by atoms with van der Waals surface area (Å²) in [5, 5.41) is 0. The molecule has 19 heavy (non-hydrogen) atoms. The molecule has 0 N–H and O–H groups in total. The van der Waals surface area contributed by atoms with Gasteiger partial charge in [0, 0.05) is 23.6 Å². The summed E-state index contributed by atoms with van der Waals surface area (Å²) < 4.78 is 2.13. The van der Waals surface area contributed by atoms with Crippen LogP contribution in [0.5, 0.6) is 0 Å². The van der Waals surface area contributed by atoms with Crippen molar-refractivity contribution >= 4 is 0 Å². The average molecular weight is 248 g/mol. The Balaban J connectivity index is 2.13. The molecule has 0 spiro atoms. The predicted octanol–water partition coefficient (Wildman–Crippen LogP) is 4.16. The predicted molar refractivity (Wildman–Crippen MR) is 78.5 cm³/mol. The quantitative estimate of drug-likeness (QED) is 0.666. The number of nitrogens with zero attached hydrogens (tertiary/aromatic N) is 2. The van der Waals surface area contributed by atoms with E-state index in [1.165, 1.54) is 11.1 Å². The van der Waals surface area contributed by atoms with Gasteiger partial charge in [0.05, 0.1) is 0 Å². The Hall–Kier alpha value is -2.35. The molecule has 2 heteroatoms. The van der Waals surface area contributed by atoms with Gasteiger partial charge in [0.25, 0.3) is 0 Å². The first kappa shape index (κ1) is 11.7. The number of aromatic nitrogens is 2. The molecule has 0 aliphatic carbocycles. The SMILES string of the molecule is Cc1cccc(-c2nccn2-c2cccc(C)c2)c1. The Labute approximate surface area is 113 Å². The molecule has 0 radical (unpaired) electrons. The van der Waals surface area contributed by atoms with Crippen LogP contribution in [-0.4, -0.2) is 9.55 Å². The van der Waals surface area contributed by atoms with Crippen LogP contribution in [-0.2, 0) is 0 Å². The molecule has 1 aromatic heterocycles. The largest absolute Gasteiger partial charge is 0.300 e. The van der Waals surface area contributed by atoms with Gasteiger partial charge >= 0.3 is 0 Å². The number of hydrogen-bond acceptors (Lipinski definition) is 1. The van der Waals surface area contributed by atoms with Gasteiger partial charge in [-0.2, -0.15) is 0 Å². The lowest BCUT2D eigenvalue weighted by molar-refractivity contribution is 1.06. The highest BCUT2D eigenvalue weighted by atomic mass is 15.1. The molecule has 0 saturated heterocycles. The van der Waals surface area contributed by atoms with E-state index in [1.54, 1.807) is 0 Å². The van der Waals surface area contributed by atoms with Crippen molar-refractivity contribution in [3.63, 3.8) is 0 Å². The summed E-state index contributed by atoms with van der Waals surface area (Å²) in [4.78, 5) is 4.50. The van der Waals surface area contributed by atoms with E-state index in [0.717, 1.165) is 17.1 Å². The number of imidazole rings is 1. The first-order chi connectivity index (χ1) is 9.24. The van der Waals surface area contributed by atoms with Crippen molar-refractivity contribution in [2.75, 3.05) is 0 Å². The maximum atomic E-state index is 4.50. The molecule has 94 valence electrons. The van der Waals surface area contributed by atoms with E-state index in [-0.39, 0.29) is 0 Å². The van der Waals surface area contributed by atoms with Crippen molar-refractivity contribution in [3.8, 4) is 17.1 Å². The summed E-state index contributed by atoms with van der Waals surface area (Å²) in [7, 11) is 0.